The highest BCUT2D eigenvalue weighted by Crippen LogP contribution is 2.54. The lowest BCUT2D eigenvalue weighted by atomic mass is 9.86. The molecule has 1 saturated carbocycles. The molecular weight excluding hydrogens is 683 g/mol. The highest BCUT2D eigenvalue weighted by molar-refractivity contribution is 7.80. The first kappa shape index (κ1) is 37.5. The van der Waals surface area contributed by atoms with E-state index in [1.807, 2.05) is 0 Å². The third kappa shape index (κ3) is 9.53. The molecule has 50 heavy (non-hydrogen) atoms. The number of rotatable bonds is 16. The van der Waals surface area contributed by atoms with Crippen LogP contribution in [0.15, 0.2) is 59.7 Å². The molecule has 5 unspecified atom stereocenters. The van der Waals surface area contributed by atoms with Crippen molar-refractivity contribution < 1.29 is 27.8 Å². The molecule has 5 N–H and O–H groups in total. The molecule has 2 aliphatic carbocycles. The van der Waals surface area contributed by atoms with Gasteiger partial charge in [-0.1, -0.05) is 32.6 Å². The number of nitrogens with zero attached hydrogens (tertiary/aromatic N) is 1. The first-order valence-electron chi connectivity index (χ1n) is 17.3. The molecule has 1 saturated heterocycles. The molecule has 5 atom stereocenters. The number of thiocarbonyl (C=S) groups is 2. The van der Waals surface area contributed by atoms with Gasteiger partial charge in [-0.25, -0.2) is 8.78 Å². The summed E-state index contributed by atoms with van der Waals surface area (Å²) in [6, 6.07) is 11.8. The molecule has 1 heterocycles. The van der Waals surface area contributed by atoms with Crippen molar-refractivity contribution in [1.82, 2.24) is 21.3 Å². The summed E-state index contributed by atoms with van der Waals surface area (Å²) in [5, 5.41) is 15.8. The Morgan fingerprint density at radius 3 is 1.86 bits per heavy atom. The maximum atomic E-state index is 13.7. The van der Waals surface area contributed by atoms with Crippen molar-refractivity contribution in [3.63, 3.8) is 0 Å². The highest BCUT2D eigenvalue weighted by Gasteiger charge is 2.60. The molecule has 2 aromatic rings. The van der Waals surface area contributed by atoms with Gasteiger partial charge in [0.1, 0.15) is 11.6 Å². The first-order chi connectivity index (χ1) is 24.2. The standard InChI is InChI=1S/C36H46F2N6O4S2/c1-3-4-5-6-7-8-28-47-31-26-21-27(32(31)48-28)30(34(46)40-18-20-42-36(50)44(2)25-15-11-23(38)12-16-25)29(26)33(45)39-17-19-41-35(49)43-24-13-9-22(37)10-14-24/h9-16,26-28,31-32H,3-8,17-21H2,1-2H3,(H,39,45)(H,40,46)(H,42,50)(H2,41,43,49). The number of carbonyl (C=O) groups excluding carboxylic acids is 2. The normalized spacial score (nSPS) is 21.8. The summed E-state index contributed by atoms with van der Waals surface area (Å²) < 4.78 is 39.3. The molecule has 2 aromatic carbocycles. The number of hydrogen-bond donors (Lipinski definition) is 5. The third-order valence-corrected chi connectivity index (χ3v) is 9.98. The van der Waals surface area contributed by atoms with E-state index in [1.165, 1.54) is 43.5 Å². The number of halogens is 2. The van der Waals surface area contributed by atoms with Crippen LogP contribution in [-0.2, 0) is 19.1 Å². The Morgan fingerprint density at radius 1 is 0.760 bits per heavy atom. The number of hydrogen-bond acceptors (Lipinski definition) is 6. The summed E-state index contributed by atoms with van der Waals surface area (Å²) >= 11 is 10.8. The molecule has 5 rings (SSSR count). The zero-order valence-electron chi connectivity index (χ0n) is 28.4. The number of unbranched alkanes of at least 4 members (excludes halogenated alkanes) is 4. The van der Waals surface area contributed by atoms with Crippen LogP contribution in [0.2, 0.25) is 0 Å². The summed E-state index contributed by atoms with van der Waals surface area (Å²) in [5.74, 6) is -1.80. The molecule has 3 aliphatic rings. The second-order valence-corrected chi connectivity index (χ2v) is 13.6. The van der Waals surface area contributed by atoms with Crippen LogP contribution in [0.25, 0.3) is 0 Å². The van der Waals surface area contributed by atoms with Crippen molar-refractivity contribution >= 4 is 57.8 Å². The van der Waals surface area contributed by atoms with Gasteiger partial charge in [-0.05, 0) is 92.2 Å². The lowest BCUT2D eigenvalue weighted by molar-refractivity contribution is -0.121. The first-order valence-corrected chi connectivity index (χ1v) is 18.2. The fourth-order valence-electron chi connectivity index (χ4n) is 6.82. The largest absolute Gasteiger partial charge is 0.361 e. The van der Waals surface area contributed by atoms with E-state index in [1.54, 1.807) is 36.2 Å². The number of ether oxygens (including phenoxy) is 2. The van der Waals surface area contributed by atoms with E-state index in [9.17, 15) is 18.4 Å². The van der Waals surface area contributed by atoms with Gasteiger partial charge in [0.15, 0.2) is 16.5 Å². The smallest absolute Gasteiger partial charge is 0.248 e. The fourth-order valence-corrected chi connectivity index (χ4v) is 7.25. The van der Waals surface area contributed by atoms with E-state index >= 15 is 0 Å². The second kappa shape index (κ2) is 18.0. The Balaban J connectivity index is 1.17. The van der Waals surface area contributed by atoms with Crippen LogP contribution >= 0.6 is 24.4 Å². The third-order valence-electron chi connectivity index (χ3n) is 9.31. The molecule has 0 aromatic heterocycles. The highest BCUT2D eigenvalue weighted by atomic mass is 32.1. The van der Waals surface area contributed by atoms with Gasteiger partial charge < -0.3 is 41.0 Å². The average molecular weight is 729 g/mol. The zero-order chi connectivity index (χ0) is 35.6. The summed E-state index contributed by atoms with van der Waals surface area (Å²) in [6.07, 6.45) is 6.20. The minimum Gasteiger partial charge on any atom is -0.361 e. The van der Waals surface area contributed by atoms with Crippen LogP contribution < -0.4 is 31.5 Å². The van der Waals surface area contributed by atoms with E-state index in [0.717, 1.165) is 24.9 Å². The van der Waals surface area contributed by atoms with Gasteiger partial charge in [-0.3, -0.25) is 9.59 Å². The van der Waals surface area contributed by atoms with Crippen LogP contribution in [0.1, 0.15) is 51.9 Å². The van der Waals surface area contributed by atoms with Crippen LogP contribution in [-0.4, -0.2) is 73.8 Å². The molecule has 1 aliphatic heterocycles. The number of amides is 2. The molecule has 2 bridgehead atoms. The predicted molar refractivity (Wildman–Crippen MR) is 198 cm³/mol. The molecule has 2 amide bonds. The maximum absolute atomic E-state index is 13.7. The summed E-state index contributed by atoms with van der Waals surface area (Å²) in [4.78, 5) is 29.1. The van der Waals surface area contributed by atoms with Gasteiger partial charge in [0, 0.05) is 67.6 Å². The molecule has 14 heteroatoms. The quantitative estimate of drug-likeness (QED) is 0.121. The van der Waals surface area contributed by atoms with Crippen LogP contribution in [0.3, 0.4) is 0 Å². The van der Waals surface area contributed by atoms with Crippen molar-refractivity contribution in [3.8, 4) is 0 Å². The average Bonchev–Trinajstić information content (AvgIpc) is 3.80. The minimum absolute atomic E-state index is 0.250. The Morgan fingerprint density at radius 2 is 1.28 bits per heavy atom. The summed E-state index contributed by atoms with van der Waals surface area (Å²) in [5.41, 5.74) is 2.27. The number of anilines is 2. The monoisotopic (exact) mass is 728 g/mol. The van der Waals surface area contributed by atoms with Gasteiger partial charge in [-0.15, -0.1) is 0 Å². The van der Waals surface area contributed by atoms with Gasteiger partial charge in [-0.2, -0.15) is 0 Å². The lowest BCUT2D eigenvalue weighted by Gasteiger charge is -2.26. The van der Waals surface area contributed by atoms with E-state index in [0.29, 0.717) is 46.6 Å². The fraction of sp³-hybridized carbons (Fsp3) is 0.500. The van der Waals surface area contributed by atoms with Gasteiger partial charge in [0.05, 0.1) is 12.2 Å². The zero-order valence-corrected chi connectivity index (χ0v) is 30.1. The maximum Gasteiger partial charge on any atom is 0.248 e. The second-order valence-electron chi connectivity index (χ2n) is 12.8. The minimum atomic E-state index is -0.342. The molecule has 2 fully saturated rings. The number of benzene rings is 2. The molecule has 270 valence electrons. The Hall–Kier alpha value is -3.72. The Kier molecular flexibility index (Phi) is 13.5. The number of fused-ring (bicyclic) bond motifs is 5. The molecule has 0 radical (unpaired) electrons. The molecular formula is C36H46F2N6O4S2. The van der Waals surface area contributed by atoms with E-state index in [-0.39, 0.29) is 66.9 Å². The van der Waals surface area contributed by atoms with Crippen molar-refractivity contribution in [1.29, 1.82) is 0 Å². The Bertz CT molecular complexity index is 1540. The summed E-state index contributed by atoms with van der Waals surface area (Å²) in [6.45, 7) is 3.40. The van der Waals surface area contributed by atoms with Gasteiger partial charge in [0.2, 0.25) is 11.8 Å². The van der Waals surface area contributed by atoms with Crippen molar-refractivity contribution in [2.24, 2.45) is 11.8 Å². The van der Waals surface area contributed by atoms with Crippen molar-refractivity contribution in [2.75, 3.05) is 43.4 Å². The summed E-state index contributed by atoms with van der Waals surface area (Å²) in [7, 11) is 1.77. The molecule has 10 nitrogen and oxygen atoms in total. The van der Waals surface area contributed by atoms with Crippen LogP contribution in [0.5, 0.6) is 0 Å². The Labute approximate surface area is 303 Å². The molecule has 0 spiro atoms. The van der Waals surface area contributed by atoms with Crippen LogP contribution in [0, 0.1) is 23.5 Å². The van der Waals surface area contributed by atoms with Gasteiger partial charge in [0.25, 0.3) is 0 Å². The van der Waals surface area contributed by atoms with E-state index < -0.39 is 0 Å². The van der Waals surface area contributed by atoms with Crippen molar-refractivity contribution in [3.05, 3.63) is 71.3 Å². The topological polar surface area (TPSA) is 116 Å². The lowest BCUT2D eigenvalue weighted by Crippen LogP contribution is -2.44. The van der Waals surface area contributed by atoms with Gasteiger partial charge >= 0.3 is 0 Å². The SMILES string of the molecule is CCCCCCCC1OC2C3CC(C(C(=O)NCCNC(=S)N(C)c4ccc(F)cc4)=C3C(=O)NCCNC(=S)Nc3ccc(F)cc3)C2O1. The number of carbonyl (C=O) groups is 2. The van der Waals surface area contributed by atoms with Crippen molar-refractivity contribution in [2.45, 2.75) is 70.4 Å². The van der Waals surface area contributed by atoms with Crippen LogP contribution in [0.4, 0.5) is 20.2 Å². The number of nitrogens with one attached hydrogen (secondary N) is 5. The van der Waals surface area contributed by atoms with E-state index in [4.69, 9.17) is 33.9 Å². The predicted octanol–water partition coefficient (Wildman–Crippen LogP) is 4.91. The van der Waals surface area contributed by atoms with E-state index in [2.05, 4.69) is 33.5 Å².